The van der Waals surface area contributed by atoms with Crippen LogP contribution in [0.3, 0.4) is 0 Å². The third kappa shape index (κ3) is 3.10. The first-order chi connectivity index (χ1) is 15.1. The van der Waals surface area contributed by atoms with Crippen molar-refractivity contribution in [3.63, 3.8) is 0 Å². The van der Waals surface area contributed by atoms with Gasteiger partial charge in [-0.05, 0) is 35.9 Å². The number of hydrogen-bond acceptors (Lipinski definition) is 5. The van der Waals surface area contributed by atoms with E-state index in [1.165, 1.54) is 4.90 Å². The highest BCUT2D eigenvalue weighted by Gasteiger charge is 2.36. The number of nitrogens with one attached hydrogen (secondary N) is 1. The first-order valence-electron chi connectivity index (χ1n) is 9.63. The molecule has 31 heavy (non-hydrogen) atoms. The highest BCUT2D eigenvalue weighted by atomic mass is 19.1. The molecular formula is C22H17FN6O2. The molecule has 0 saturated carbocycles. The zero-order valence-corrected chi connectivity index (χ0v) is 16.3. The zero-order valence-electron chi connectivity index (χ0n) is 16.3. The minimum Gasteiger partial charge on any atom is -0.335 e. The Labute approximate surface area is 176 Å². The maximum Gasteiger partial charge on any atom is 0.282 e. The monoisotopic (exact) mass is 416 g/mol. The predicted molar refractivity (Wildman–Crippen MR) is 111 cm³/mol. The molecule has 0 bridgehead atoms. The lowest BCUT2D eigenvalue weighted by atomic mass is 9.92. The van der Waals surface area contributed by atoms with Gasteiger partial charge in [0.1, 0.15) is 6.29 Å². The van der Waals surface area contributed by atoms with Gasteiger partial charge < -0.3 is 4.90 Å². The number of carbonyl (C=O) groups is 2. The van der Waals surface area contributed by atoms with Crippen LogP contribution in [0.25, 0.3) is 27.8 Å². The van der Waals surface area contributed by atoms with Crippen LogP contribution >= 0.6 is 0 Å². The Bertz CT molecular complexity index is 1300. The molecule has 1 saturated heterocycles. The van der Waals surface area contributed by atoms with Crippen molar-refractivity contribution < 1.29 is 14.0 Å². The van der Waals surface area contributed by atoms with Crippen molar-refractivity contribution in [3.05, 3.63) is 72.6 Å². The van der Waals surface area contributed by atoms with Crippen LogP contribution in [-0.2, 0) is 4.79 Å². The quantitative estimate of drug-likeness (QED) is 0.398. The summed E-state index contributed by atoms with van der Waals surface area (Å²) in [7, 11) is 0. The number of rotatable bonds is 5. The van der Waals surface area contributed by atoms with Crippen LogP contribution in [0.5, 0.6) is 0 Å². The van der Waals surface area contributed by atoms with E-state index >= 15 is 0 Å². The average Bonchev–Trinajstić information content (AvgIpc) is 3.41. The number of hydrogen-bond donors (Lipinski definition) is 1. The Morgan fingerprint density at radius 3 is 2.65 bits per heavy atom. The summed E-state index contributed by atoms with van der Waals surface area (Å²) in [6.07, 6.45) is 6.00. The highest BCUT2D eigenvalue weighted by Crippen LogP contribution is 2.37. The van der Waals surface area contributed by atoms with Crippen molar-refractivity contribution in [3.8, 4) is 16.8 Å². The molecule has 1 fully saturated rings. The van der Waals surface area contributed by atoms with Gasteiger partial charge in [-0.1, -0.05) is 6.58 Å². The number of nitrogens with zero attached hydrogens (tertiary/aromatic N) is 5. The van der Waals surface area contributed by atoms with E-state index in [9.17, 15) is 14.0 Å². The first-order valence-corrected chi connectivity index (χ1v) is 9.63. The number of aromatic nitrogens is 5. The van der Waals surface area contributed by atoms with Gasteiger partial charge in [-0.15, -0.1) is 0 Å². The van der Waals surface area contributed by atoms with E-state index in [-0.39, 0.29) is 5.92 Å². The molecule has 1 aromatic carbocycles. The second kappa shape index (κ2) is 7.28. The molecule has 5 rings (SSSR count). The summed E-state index contributed by atoms with van der Waals surface area (Å²) in [5, 5.41) is 12.5. The maximum atomic E-state index is 13.2. The van der Waals surface area contributed by atoms with E-state index in [1.807, 2.05) is 6.07 Å². The van der Waals surface area contributed by atoms with Gasteiger partial charge in [0.2, 0.25) is 0 Å². The van der Waals surface area contributed by atoms with Crippen molar-refractivity contribution in [2.24, 2.45) is 0 Å². The van der Waals surface area contributed by atoms with E-state index in [1.54, 1.807) is 47.5 Å². The normalized spacial score (nSPS) is 13.9. The lowest BCUT2D eigenvalue weighted by Crippen LogP contribution is -2.48. The summed E-state index contributed by atoms with van der Waals surface area (Å²) in [5.74, 6) is -1.74. The SMILES string of the molecule is C=C(F)C(=O)N1CC(c2nn(-c3ccc(C=O)cc3)c3nccc(-c4cn[nH]c4)c23)C1. The van der Waals surface area contributed by atoms with Crippen molar-refractivity contribution >= 4 is 23.2 Å². The van der Waals surface area contributed by atoms with Crippen LogP contribution in [0.2, 0.25) is 0 Å². The Morgan fingerprint density at radius 1 is 1.23 bits per heavy atom. The molecule has 4 heterocycles. The molecule has 0 unspecified atom stereocenters. The Balaban J connectivity index is 1.64. The number of H-pyrrole nitrogens is 1. The molecule has 1 aliphatic rings. The smallest absolute Gasteiger partial charge is 0.282 e. The van der Waals surface area contributed by atoms with E-state index in [4.69, 9.17) is 5.10 Å². The minimum atomic E-state index is -0.968. The number of amides is 1. The Kier molecular flexibility index (Phi) is 4.43. The van der Waals surface area contributed by atoms with Crippen LogP contribution in [0.15, 0.2) is 61.3 Å². The number of benzene rings is 1. The Morgan fingerprint density at radius 2 is 2.00 bits per heavy atom. The number of fused-ring (bicyclic) bond motifs is 1. The van der Waals surface area contributed by atoms with Crippen molar-refractivity contribution in [1.29, 1.82) is 0 Å². The lowest BCUT2D eigenvalue weighted by molar-refractivity contribution is -0.133. The molecule has 4 aromatic rings. The predicted octanol–water partition coefficient (Wildman–Crippen LogP) is 3.03. The highest BCUT2D eigenvalue weighted by molar-refractivity contribution is 5.96. The molecule has 154 valence electrons. The van der Waals surface area contributed by atoms with Crippen molar-refractivity contribution in [2.45, 2.75) is 5.92 Å². The summed E-state index contributed by atoms with van der Waals surface area (Å²) < 4.78 is 15.0. The zero-order chi connectivity index (χ0) is 21.5. The fraction of sp³-hybridized carbons (Fsp3) is 0.136. The summed E-state index contributed by atoms with van der Waals surface area (Å²) in [6.45, 7) is 3.78. The van der Waals surface area contributed by atoms with E-state index < -0.39 is 11.7 Å². The van der Waals surface area contributed by atoms with Crippen LogP contribution in [0.4, 0.5) is 4.39 Å². The van der Waals surface area contributed by atoms with Gasteiger partial charge in [-0.2, -0.15) is 10.2 Å². The molecular weight excluding hydrogens is 399 g/mol. The van der Waals surface area contributed by atoms with E-state index in [2.05, 4.69) is 21.8 Å². The number of carbonyl (C=O) groups excluding carboxylic acids is 2. The number of halogens is 1. The van der Waals surface area contributed by atoms with Crippen LogP contribution < -0.4 is 0 Å². The van der Waals surface area contributed by atoms with Gasteiger partial charge in [0.25, 0.3) is 5.91 Å². The number of aromatic amines is 1. The first kappa shape index (κ1) is 18.9. The molecule has 1 aliphatic heterocycles. The van der Waals surface area contributed by atoms with Gasteiger partial charge in [0, 0.05) is 42.5 Å². The van der Waals surface area contributed by atoms with Crippen LogP contribution in [0.1, 0.15) is 22.0 Å². The number of aldehydes is 1. The standard InChI is InChI=1S/C22H17FN6O2/c1-13(23)22(31)28-10-16(11-28)20-19-18(15-8-25-26-9-15)6-7-24-21(19)29(27-20)17-4-2-14(12-30)3-5-17/h2-9,12,16H,1,10-11H2,(H,25,26). The second-order valence-corrected chi connectivity index (χ2v) is 7.36. The largest absolute Gasteiger partial charge is 0.335 e. The third-order valence-electron chi connectivity index (χ3n) is 5.47. The molecule has 0 atom stereocenters. The maximum absolute atomic E-state index is 13.2. The molecule has 9 heteroatoms. The molecule has 1 amide bonds. The lowest BCUT2D eigenvalue weighted by Gasteiger charge is -2.38. The van der Waals surface area contributed by atoms with Gasteiger partial charge in [0.15, 0.2) is 11.5 Å². The summed E-state index contributed by atoms with van der Waals surface area (Å²) in [5.41, 5.74) is 4.52. The molecule has 3 aromatic heterocycles. The fourth-order valence-corrected chi connectivity index (χ4v) is 3.86. The van der Waals surface area contributed by atoms with Gasteiger partial charge in [0.05, 0.1) is 23.0 Å². The van der Waals surface area contributed by atoms with E-state index in [0.717, 1.165) is 34.2 Å². The van der Waals surface area contributed by atoms with Gasteiger partial charge >= 0.3 is 0 Å². The summed E-state index contributed by atoms with van der Waals surface area (Å²) >= 11 is 0. The fourth-order valence-electron chi connectivity index (χ4n) is 3.86. The van der Waals surface area contributed by atoms with Crippen molar-refractivity contribution in [1.82, 2.24) is 29.9 Å². The van der Waals surface area contributed by atoms with Gasteiger partial charge in [-0.25, -0.2) is 14.1 Å². The molecule has 0 spiro atoms. The number of likely N-dealkylation sites (tertiary alicyclic amines) is 1. The van der Waals surface area contributed by atoms with E-state index in [0.29, 0.717) is 24.3 Å². The van der Waals surface area contributed by atoms with Gasteiger partial charge in [-0.3, -0.25) is 14.7 Å². The number of pyridine rings is 1. The Hall–Kier alpha value is -4.14. The third-order valence-corrected chi connectivity index (χ3v) is 5.47. The average molecular weight is 416 g/mol. The van der Waals surface area contributed by atoms with Crippen LogP contribution in [0, 0.1) is 0 Å². The summed E-state index contributed by atoms with van der Waals surface area (Å²) in [6, 6.07) is 8.92. The topological polar surface area (TPSA) is 96.8 Å². The molecule has 0 aliphatic carbocycles. The molecule has 1 N–H and O–H groups in total. The summed E-state index contributed by atoms with van der Waals surface area (Å²) in [4.78, 5) is 28.9. The molecule has 8 nitrogen and oxygen atoms in total. The second-order valence-electron chi connectivity index (χ2n) is 7.36. The van der Waals surface area contributed by atoms with Crippen LogP contribution in [-0.4, -0.2) is 55.1 Å². The van der Waals surface area contributed by atoms with Crippen molar-refractivity contribution in [2.75, 3.05) is 13.1 Å². The molecule has 0 radical (unpaired) electrons. The minimum absolute atomic E-state index is 0.0730.